The number of fused-ring (bicyclic) bond motifs is 3. The molecule has 0 unspecified atom stereocenters. The van der Waals surface area contributed by atoms with Gasteiger partial charge in [0, 0.05) is 11.3 Å². The normalized spacial score (nSPS) is 15.0. The van der Waals surface area contributed by atoms with Gasteiger partial charge in [-0.1, -0.05) is 0 Å². The van der Waals surface area contributed by atoms with Crippen LogP contribution in [0.1, 0.15) is 35.8 Å². The lowest BCUT2D eigenvalue weighted by Gasteiger charge is -2.30. The standard InChI is InChI=1S/C23H24N4O5S/c1-23(2)9-16-17(13-32-23)33-21-19(16)20(24)26(11-15-6-4-8-31-15)22(29)27(21)12-18(28)25-10-14-5-3-7-30-14/h3-8,24H,9-13H2,1-2H3,(H,25,28). The van der Waals surface area contributed by atoms with Gasteiger partial charge in [-0.2, -0.15) is 0 Å². The number of amides is 1. The third-order valence-electron chi connectivity index (χ3n) is 5.72. The van der Waals surface area contributed by atoms with E-state index in [1.807, 2.05) is 13.8 Å². The van der Waals surface area contributed by atoms with Gasteiger partial charge < -0.3 is 18.9 Å². The van der Waals surface area contributed by atoms with E-state index in [4.69, 9.17) is 19.0 Å². The fraction of sp³-hybridized carbons (Fsp3) is 0.348. The third kappa shape index (κ3) is 4.07. The maximum absolute atomic E-state index is 13.5. The number of furan rings is 2. The number of aromatic nitrogens is 2. The molecule has 0 bridgehead atoms. The van der Waals surface area contributed by atoms with Crippen molar-refractivity contribution in [2.24, 2.45) is 0 Å². The molecule has 0 spiro atoms. The second kappa shape index (κ2) is 8.20. The molecular formula is C23H24N4O5S. The van der Waals surface area contributed by atoms with E-state index in [1.54, 1.807) is 30.5 Å². The molecule has 0 saturated carbocycles. The van der Waals surface area contributed by atoms with Crippen molar-refractivity contribution in [3.63, 3.8) is 0 Å². The Morgan fingerprint density at radius 2 is 1.91 bits per heavy atom. The Morgan fingerprint density at radius 3 is 2.61 bits per heavy atom. The topological polar surface area (TPSA) is 115 Å². The Balaban J connectivity index is 1.60. The highest BCUT2D eigenvalue weighted by Crippen LogP contribution is 2.37. The summed E-state index contributed by atoms with van der Waals surface area (Å²) in [5, 5.41) is 12.4. The van der Waals surface area contributed by atoms with E-state index >= 15 is 0 Å². The molecule has 0 aromatic carbocycles. The summed E-state index contributed by atoms with van der Waals surface area (Å²) < 4.78 is 19.5. The Morgan fingerprint density at radius 1 is 1.18 bits per heavy atom. The van der Waals surface area contributed by atoms with Crippen molar-refractivity contribution in [1.82, 2.24) is 14.5 Å². The predicted octanol–water partition coefficient (Wildman–Crippen LogP) is 2.75. The number of nitrogens with zero attached hydrogens (tertiary/aromatic N) is 2. The van der Waals surface area contributed by atoms with Crippen molar-refractivity contribution >= 4 is 27.5 Å². The van der Waals surface area contributed by atoms with Gasteiger partial charge in [0.25, 0.3) is 0 Å². The summed E-state index contributed by atoms with van der Waals surface area (Å²) in [6.45, 7) is 4.61. The minimum atomic E-state index is -0.434. The van der Waals surface area contributed by atoms with Gasteiger partial charge in [0.15, 0.2) is 0 Å². The molecule has 1 amide bonds. The Bertz CT molecular complexity index is 1420. The number of thiophene rings is 1. The van der Waals surface area contributed by atoms with Gasteiger partial charge in [-0.05, 0) is 43.7 Å². The first-order valence-corrected chi connectivity index (χ1v) is 11.4. The first-order chi connectivity index (χ1) is 15.8. The van der Waals surface area contributed by atoms with E-state index < -0.39 is 5.69 Å². The van der Waals surface area contributed by atoms with Gasteiger partial charge in [0.2, 0.25) is 5.91 Å². The quantitative estimate of drug-likeness (QED) is 0.452. The van der Waals surface area contributed by atoms with Crippen molar-refractivity contribution in [2.75, 3.05) is 0 Å². The number of hydrogen-bond donors (Lipinski definition) is 2. The second-order valence-electron chi connectivity index (χ2n) is 8.65. The molecule has 9 nitrogen and oxygen atoms in total. The molecule has 0 aliphatic carbocycles. The molecular weight excluding hydrogens is 444 g/mol. The summed E-state index contributed by atoms with van der Waals surface area (Å²) >= 11 is 1.41. The summed E-state index contributed by atoms with van der Waals surface area (Å²) in [7, 11) is 0. The number of rotatable bonds is 6. The van der Waals surface area contributed by atoms with Crippen LogP contribution in [0.3, 0.4) is 0 Å². The van der Waals surface area contributed by atoms with E-state index in [9.17, 15) is 9.59 Å². The zero-order valence-electron chi connectivity index (χ0n) is 18.3. The molecule has 1 aliphatic heterocycles. The van der Waals surface area contributed by atoms with Crippen LogP contribution in [0.25, 0.3) is 10.2 Å². The molecule has 172 valence electrons. The average Bonchev–Trinajstić information content (AvgIpc) is 3.53. The van der Waals surface area contributed by atoms with Crippen LogP contribution in [0.4, 0.5) is 0 Å². The molecule has 4 aromatic heterocycles. The average molecular weight is 469 g/mol. The van der Waals surface area contributed by atoms with Gasteiger partial charge in [0.1, 0.15) is 28.4 Å². The van der Waals surface area contributed by atoms with E-state index in [-0.39, 0.29) is 36.6 Å². The molecule has 0 radical (unpaired) electrons. The van der Waals surface area contributed by atoms with Crippen LogP contribution in [-0.4, -0.2) is 20.6 Å². The maximum atomic E-state index is 13.5. The number of ether oxygens (including phenoxy) is 1. The second-order valence-corrected chi connectivity index (χ2v) is 9.73. The summed E-state index contributed by atoms with van der Waals surface area (Å²) in [4.78, 5) is 27.8. The van der Waals surface area contributed by atoms with Crippen LogP contribution < -0.4 is 16.5 Å². The molecule has 10 heteroatoms. The van der Waals surface area contributed by atoms with Crippen LogP contribution in [0, 0.1) is 5.41 Å². The van der Waals surface area contributed by atoms with Crippen LogP contribution in [0.5, 0.6) is 0 Å². The highest BCUT2D eigenvalue weighted by Gasteiger charge is 2.31. The SMILES string of the molecule is CC1(C)Cc2c(sc3c2c(=N)n(Cc2ccco2)c(=O)n3CC(=O)NCc2ccco2)CO1. The van der Waals surface area contributed by atoms with Crippen molar-refractivity contribution < 1.29 is 18.4 Å². The highest BCUT2D eigenvalue weighted by atomic mass is 32.1. The van der Waals surface area contributed by atoms with Crippen LogP contribution >= 0.6 is 11.3 Å². The predicted molar refractivity (Wildman–Crippen MR) is 121 cm³/mol. The fourth-order valence-electron chi connectivity index (χ4n) is 4.08. The molecule has 0 saturated heterocycles. The van der Waals surface area contributed by atoms with Crippen molar-refractivity contribution in [2.45, 2.75) is 52.1 Å². The number of carbonyl (C=O) groups is 1. The first-order valence-electron chi connectivity index (χ1n) is 10.6. The summed E-state index contributed by atoms with van der Waals surface area (Å²) in [6.07, 6.45) is 3.70. The molecule has 5 rings (SSSR count). The summed E-state index contributed by atoms with van der Waals surface area (Å²) in [5.41, 5.74) is 0.319. The minimum absolute atomic E-state index is 0.110. The molecule has 33 heavy (non-hydrogen) atoms. The van der Waals surface area contributed by atoms with Crippen molar-refractivity contribution in [1.29, 1.82) is 5.41 Å². The van der Waals surface area contributed by atoms with Crippen LogP contribution in [0.15, 0.2) is 50.4 Å². The van der Waals surface area contributed by atoms with E-state index in [2.05, 4.69) is 5.32 Å². The fourth-order valence-corrected chi connectivity index (χ4v) is 5.30. The monoisotopic (exact) mass is 468 g/mol. The molecule has 0 atom stereocenters. The number of carbonyl (C=O) groups excluding carboxylic acids is 1. The Kier molecular flexibility index (Phi) is 5.34. The minimum Gasteiger partial charge on any atom is -0.467 e. The van der Waals surface area contributed by atoms with Gasteiger partial charge in [-0.3, -0.25) is 19.3 Å². The Labute approximate surface area is 192 Å². The lowest BCUT2D eigenvalue weighted by atomic mass is 9.94. The van der Waals surface area contributed by atoms with Crippen LogP contribution in [-0.2, 0) is 42.2 Å². The molecule has 4 aromatic rings. The number of hydrogen-bond acceptors (Lipinski definition) is 7. The molecule has 0 fully saturated rings. The van der Waals surface area contributed by atoms with E-state index in [0.717, 1.165) is 10.4 Å². The lowest BCUT2D eigenvalue weighted by Crippen LogP contribution is -2.43. The smallest absolute Gasteiger partial charge is 0.331 e. The van der Waals surface area contributed by atoms with Gasteiger partial charge in [-0.25, -0.2) is 4.79 Å². The zero-order chi connectivity index (χ0) is 23.2. The van der Waals surface area contributed by atoms with E-state index in [1.165, 1.54) is 26.7 Å². The lowest BCUT2D eigenvalue weighted by molar-refractivity contribution is -0.121. The maximum Gasteiger partial charge on any atom is 0.331 e. The van der Waals surface area contributed by atoms with E-state index in [0.29, 0.717) is 34.8 Å². The molecule has 1 aliphatic rings. The first kappa shape index (κ1) is 21.5. The zero-order valence-corrected chi connectivity index (χ0v) is 19.2. The highest BCUT2D eigenvalue weighted by molar-refractivity contribution is 7.18. The third-order valence-corrected chi connectivity index (χ3v) is 6.95. The van der Waals surface area contributed by atoms with Crippen molar-refractivity contribution in [3.05, 3.63) is 74.7 Å². The van der Waals surface area contributed by atoms with Crippen molar-refractivity contribution in [3.8, 4) is 0 Å². The van der Waals surface area contributed by atoms with Gasteiger partial charge >= 0.3 is 5.69 Å². The van der Waals surface area contributed by atoms with Gasteiger partial charge in [0.05, 0.1) is 43.2 Å². The van der Waals surface area contributed by atoms with Gasteiger partial charge in [-0.15, -0.1) is 11.3 Å². The van der Waals surface area contributed by atoms with Crippen LogP contribution in [0.2, 0.25) is 0 Å². The molecule has 2 N–H and O–H groups in total. The molecule has 5 heterocycles. The summed E-state index contributed by atoms with van der Waals surface area (Å²) in [6, 6.07) is 7.02. The summed E-state index contributed by atoms with van der Waals surface area (Å²) in [5.74, 6) is 0.868. The number of nitrogens with one attached hydrogen (secondary N) is 2. The largest absolute Gasteiger partial charge is 0.467 e. The Hall–Kier alpha value is -3.37.